The first-order valence-electron chi connectivity index (χ1n) is 7.72. The van der Waals surface area contributed by atoms with Gasteiger partial charge < -0.3 is 15.2 Å². The molecule has 1 aliphatic rings. The first-order valence-corrected chi connectivity index (χ1v) is 7.72. The standard InChI is InChI=1S/C17H22FNO4/c1-17(8-4-3-5-12(17)16(21)22)19-15(20)10-11-6-7-14(23-2)13(18)9-11/h6-7,9,12H,3-5,8,10H2,1-2H3,(H,19,20)(H,21,22)/t12-,17-/m1/s1. The van der Waals surface area contributed by atoms with Crippen LogP contribution in [0.4, 0.5) is 4.39 Å². The van der Waals surface area contributed by atoms with Gasteiger partial charge in [0.25, 0.3) is 0 Å². The second kappa shape index (κ2) is 6.98. The summed E-state index contributed by atoms with van der Waals surface area (Å²) in [4.78, 5) is 23.7. The maximum Gasteiger partial charge on any atom is 0.308 e. The first kappa shape index (κ1) is 17.2. The topological polar surface area (TPSA) is 75.6 Å². The van der Waals surface area contributed by atoms with Crippen molar-refractivity contribution in [3.63, 3.8) is 0 Å². The molecule has 0 radical (unpaired) electrons. The Morgan fingerprint density at radius 3 is 2.78 bits per heavy atom. The lowest BCUT2D eigenvalue weighted by Crippen LogP contribution is -2.55. The lowest BCUT2D eigenvalue weighted by molar-refractivity contribution is -0.146. The lowest BCUT2D eigenvalue weighted by Gasteiger charge is -2.39. The maximum absolute atomic E-state index is 13.7. The highest BCUT2D eigenvalue weighted by molar-refractivity contribution is 5.81. The predicted octanol–water partition coefficient (Wildman–Crippen LogP) is 2.53. The number of ether oxygens (including phenoxy) is 1. The minimum atomic E-state index is -0.886. The summed E-state index contributed by atoms with van der Waals surface area (Å²) in [5.41, 5.74) is -0.237. The third kappa shape index (κ3) is 4.00. The Kier molecular flexibility index (Phi) is 5.23. The van der Waals surface area contributed by atoms with E-state index in [-0.39, 0.29) is 18.1 Å². The number of amides is 1. The van der Waals surface area contributed by atoms with Crippen LogP contribution in [0.1, 0.15) is 38.2 Å². The van der Waals surface area contributed by atoms with E-state index in [1.54, 1.807) is 13.0 Å². The van der Waals surface area contributed by atoms with Crippen LogP contribution in [0.2, 0.25) is 0 Å². The van der Waals surface area contributed by atoms with E-state index in [9.17, 15) is 19.1 Å². The summed E-state index contributed by atoms with van der Waals surface area (Å²) in [5.74, 6) is -2.18. The Labute approximate surface area is 134 Å². The average Bonchev–Trinajstić information content (AvgIpc) is 2.46. The lowest BCUT2D eigenvalue weighted by atomic mass is 9.74. The molecule has 1 aromatic rings. The van der Waals surface area contributed by atoms with Crippen LogP contribution in [-0.4, -0.2) is 29.6 Å². The monoisotopic (exact) mass is 323 g/mol. The summed E-state index contributed by atoms with van der Waals surface area (Å²) < 4.78 is 18.5. The minimum absolute atomic E-state index is 0.00282. The summed E-state index contributed by atoms with van der Waals surface area (Å²) in [6.07, 6.45) is 2.93. The van der Waals surface area contributed by atoms with Crippen LogP contribution in [0.15, 0.2) is 18.2 Å². The van der Waals surface area contributed by atoms with Crippen molar-refractivity contribution < 1.29 is 23.8 Å². The molecule has 0 aliphatic heterocycles. The smallest absolute Gasteiger partial charge is 0.308 e. The number of halogens is 1. The number of carbonyl (C=O) groups excluding carboxylic acids is 1. The van der Waals surface area contributed by atoms with Gasteiger partial charge in [0.15, 0.2) is 11.6 Å². The Morgan fingerprint density at radius 2 is 2.17 bits per heavy atom. The molecule has 1 fully saturated rings. The molecule has 1 amide bonds. The number of methoxy groups -OCH3 is 1. The fraction of sp³-hybridized carbons (Fsp3) is 0.529. The van der Waals surface area contributed by atoms with E-state index in [1.807, 2.05) is 0 Å². The van der Waals surface area contributed by atoms with Crippen LogP contribution in [0.3, 0.4) is 0 Å². The quantitative estimate of drug-likeness (QED) is 0.873. The molecular weight excluding hydrogens is 301 g/mol. The molecular formula is C17H22FNO4. The maximum atomic E-state index is 13.7. The summed E-state index contributed by atoms with van der Waals surface area (Å²) in [6, 6.07) is 4.36. The van der Waals surface area contributed by atoms with Crippen molar-refractivity contribution in [1.82, 2.24) is 5.32 Å². The highest BCUT2D eigenvalue weighted by Crippen LogP contribution is 2.34. The van der Waals surface area contributed by atoms with Gasteiger partial charge in [-0.3, -0.25) is 9.59 Å². The molecule has 0 bridgehead atoms. The Hall–Kier alpha value is -2.11. The summed E-state index contributed by atoms with van der Waals surface area (Å²) >= 11 is 0. The zero-order valence-corrected chi connectivity index (χ0v) is 13.4. The van der Waals surface area contributed by atoms with Crippen molar-refractivity contribution in [2.24, 2.45) is 5.92 Å². The van der Waals surface area contributed by atoms with Crippen molar-refractivity contribution in [3.8, 4) is 5.75 Å². The Morgan fingerprint density at radius 1 is 1.43 bits per heavy atom. The third-order valence-electron chi connectivity index (χ3n) is 4.51. The van der Waals surface area contributed by atoms with E-state index >= 15 is 0 Å². The Balaban J connectivity index is 2.06. The number of hydrogen-bond donors (Lipinski definition) is 2. The van der Waals surface area contributed by atoms with Crippen LogP contribution < -0.4 is 10.1 Å². The van der Waals surface area contributed by atoms with Crippen LogP contribution in [0.25, 0.3) is 0 Å². The van der Waals surface area contributed by atoms with Gasteiger partial charge in [-0.1, -0.05) is 18.9 Å². The van der Waals surface area contributed by atoms with Gasteiger partial charge in [-0.2, -0.15) is 0 Å². The number of carboxylic acid groups (broad SMARTS) is 1. The largest absolute Gasteiger partial charge is 0.494 e. The van der Waals surface area contributed by atoms with E-state index in [0.29, 0.717) is 18.4 Å². The van der Waals surface area contributed by atoms with Gasteiger partial charge in [-0.15, -0.1) is 0 Å². The number of rotatable bonds is 5. The molecule has 6 heteroatoms. The third-order valence-corrected chi connectivity index (χ3v) is 4.51. The van der Waals surface area contributed by atoms with Crippen molar-refractivity contribution in [2.75, 3.05) is 7.11 Å². The Bertz CT molecular complexity index is 604. The van der Waals surface area contributed by atoms with Gasteiger partial charge in [0.1, 0.15) is 0 Å². The molecule has 0 aromatic heterocycles. The highest BCUT2D eigenvalue weighted by atomic mass is 19.1. The number of benzene rings is 1. The van der Waals surface area contributed by atoms with E-state index in [4.69, 9.17) is 4.74 Å². The number of hydrogen-bond acceptors (Lipinski definition) is 3. The summed E-state index contributed by atoms with van der Waals surface area (Å²) in [7, 11) is 1.38. The van der Waals surface area contributed by atoms with Crippen molar-refractivity contribution in [2.45, 2.75) is 44.6 Å². The number of nitrogens with one attached hydrogen (secondary N) is 1. The molecule has 0 heterocycles. The zero-order chi connectivity index (χ0) is 17.0. The molecule has 126 valence electrons. The van der Waals surface area contributed by atoms with Gasteiger partial charge in [-0.05, 0) is 37.5 Å². The molecule has 2 rings (SSSR count). The van der Waals surface area contributed by atoms with Crippen LogP contribution in [-0.2, 0) is 16.0 Å². The molecule has 1 saturated carbocycles. The van der Waals surface area contributed by atoms with E-state index < -0.39 is 23.2 Å². The van der Waals surface area contributed by atoms with E-state index in [1.165, 1.54) is 19.2 Å². The number of aliphatic carboxylic acids is 1. The van der Waals surface area contributed by atoms with Gasteiger partial charge in [0, 0.05) is 0 Å². The number of carboxylic acids is 1. The highest BCUT2D eigenvalue weighted by Gasteiger charge is 2.42. The van der Waals surface area contributed by atoms with E-state index in [2.05, 4.69) is 5.32 Å². The molecule has 2 N–H and O–H groups in total. The van der Waals surface area contributed by atoms with Gasteiger partial charge in [-0.25, -0.2) is 4.39 Å². The first-order chi connectivity index (χ1) is 10.9. The van der Waals surface area contributed by atoms with E-state index in [0.717, 1.165) is 12.8 Å². The molecule has 0 unspecified atom stereocenters. The molecule has 1 aliphatic carbocycles. The fourth-order valence-corrected chi connectivity index (χ4v) is 3.25. The normalized spacial score (nSPS) is 24.0. The SMILES string of the molecule is COc1ccc(CC(=O)N[C@]2(C)CCCC[C@@H]2C(=O)O)cc1F. The summed E-state index contributed by atoms with van der Waals surface area (Å²) in [6.45, 7) is 1.78. The number of carbonyl (C=O) groups is 2. The van der Waals surface area contributed by atoms with Crippen molar-refractivity contribution in [3.05, 3.63) is 29.6 Å². The van der Waals surface area contributed by atoms with Gasteiger partial charge in [0.05, 0.1) is 25.0 Å². The van der Waals surface area contributed by atoms with Gasteiger partial charge in [0.2, 0.25) is 5.91 Å². The molecule has 5 nitrogen and oxygen atoms in total. The second-order valence-electron chi connectivity index (χ2n) is 6.25. The fourth-order valence-electron chi connectivity index (χ4n) is 3.25. The van der Waals surface area contributed by atoms with Crippen molar-refractivity contribution in [1.29, 1.82) is 0 Å². The zero-order valence-electron chi connectivity index (χ0n) is 13.4. The van der Waals surface area contributed by atoms with Gasteiger partial charge >= 0.3 is 5.97 Å². The van der Waals surface area contributed by atoms with Crippen LogP contribution in [0, 0.1) is 11.7 Å². The molecule has 23 heavy (non-hydrogen) atoms. The molecule has 0 spiro atoms. The average molecular weight is 323 g/mol. The second-order valence-corrected chi connectivity index (χ2v) is 6.25. The van der Waals surface area contributed by atoms with Crippen LogP contribution >= 0.6 is 0 Å². The molecule has 2 atom stereocenters. The minimum Gasteiger partial charge on any atom is -0.494 e. The predicted molar refractivity (Wildman–Crippen MR) is 82.8 cm³/mol. The molecule has 1 aromatic carbocycles. The van der Waals surface area contributed by atoms with Crippen molar-refractivity contribution >= 4 is 11.9 Å². The molecule has 0 saturated heterocycles. The summed E-state index contributed by atoms with van der Waals surface area (Å²) in [5, 5.41) is 12.2. The van der Waals surface area contributed by atoms with Crippen LogP contribution in [0.5, 0.6) is 5.75 Å².